The number of pyridine rings is 2. The Labute approximate surface area is 163 Å². The highest BCUT2D eigenvalue weighted by Gasteiger charge is 2.20. The minimum absolute atomic E-state index is 0.812. The number of para-hydroxylation sites is 2. The van der Waals surface area contributed by atoms with E-state index in [9.17, 15) is 0 Å². The summed E-state index contributed by atoms with van der Waals surface area (Å²) in [5, 5.41) is 0. The van der Waals surface area contributed by atoms with Gasteiger partial charge in [0.25, 0.3) is 0 Å². The zero-order valence-corrected chi connectivity index (χ0v) is 15.0. The summed E-state index contributed by atoms with van der Waals surface area (Å²) < 4.78 is 0. The molecule has 0 fully saturated rings. The maximum atomic E-state index is 5.03. The third kappa shape index (κ3) is 2.91. The minimum atomic E-state index is 0.812. The highest BCUT2D eigenvalue weighted by Crippen LogP contribution is 2.32. The van der Waals surface area contributed by atoms with Crippen molar-refractivity contribution in [3.63, 3.8) is 0 Å². The van der Waals surface area contributed by atoms with Crippen LogP contribution < -0.4 is 0 Å². The molecule has 0 saturated heterocycles. The number of nitrogens with zero attached hydrogens (tertiary/aromatic N) is 4. The zero-order chi connectivity index (χ0) is 18.8. The van der Waals surface area contributed by atoms with Gasteiger partial charge in [0.1, 0.15) is 0 Å². The summed E-state index contributed by atoms with van der Waals surface area (Å²) in [6, 6.07) is 27.8. The van der Waals surface area contributed by atoms with E-state index in [2.05, 4.69) is 9.97 Å². The fraction of sp³-hybridized carbons (Fsp3) is 0. The van der Waals surface area contributed by atoms with Crippen LogP contribution in [0.5, 0.6) is 0 Å². The smallest absolute Gasteiger partial charge is 0.0987 e. The molecule has 1 aliphatic rings. The second kappa shape index (κ2) is 7.00. The van der Waals surface area contributed by atoms with E-state index in [1.165, 1.54) is 0 Å². The van der Waals surface area contributed by atoms with Crippen LogP contribution in [0, 0.1) is 0 Å². The number of hydrogen-bond donors (Lipinski definition) is 0. The highest BCUT2D eigenvalue weighted by atomic mass is 14.9. The normalized spacial score (nSPS) is 16.4. The lowest BCUT2D eigenvalue weighted by molar-refractivity contribution is 1.26. The van der Waals surface area contributed by atoms with Crippen molar-refractivity contribution in [3.8, 4) is 0 Å². The summed E-state index contributed by atoms with van der Waals surface area (Å²) in [6.07, 6.45) is 3.57. The summed E-state index contributed by atoms with van der Waals surface area (Å²) in [6.45, 7) is 0. The molecule has 4 nitrogen and oxygen atoms in total. The molecule has 0 bridgehead atoms. The van der Waals surface area contributed by atoms with Gasteiger partial charge in [0, 0.05) is 23.5 Å². The van der Waals surface area contributed by atoms with E-state index >= 15 is 0 Å². The largest absolute Gasteiger partial charge is 0.255 e. The van der Waals surface area contributed by atoms with Gasteiger partial charge in [0.2, 0.25) is 0 Å². The van der Waals surface area contributed by atoms with Crippen molar-refractivity contribution >= 4 is 22.8 Å². The minimum Gasteiger partial charge on any atom is -0.255 e. The fourth-order valence-corrected chi connectivity index (χ4v) is 3.30. The van der Waals surface area contributed by atoms with E-state index in [1.807, 2.05) is 84.9 Å². The van der Waals surface area contributed by atoms with Crippen LogP contribution in [0.1, 0.15) is 22.5 Å². The standard InChI is InChI=1S/C24H16N4/c1-3-11-19-17(9-1)23(21-13-5-7-15-25-21)28-20-12-4-2-10-18(20)24(27-19)22-14-6-8-16-26-22/h1-16H/b23-17?,24-18?,27-19?,27-24+,28-20?,28-23+. The Balaban J connectivity index is 1.83. The molecule has 2 aromatic heterocycles. The van der Waals surface area contributed by atoms with E-state index in [4.69, 9.17) is 9.98 Å². The Bertz CT molecular complexity index is 1100. The first kappa shape index (κ1) is 16.3. The number of rotatable bonds is 2. The predicted octanol–water partition coefficient (Wildman–Crippen LogP) is 5.13. The Morgan fingerprint density at radius 1 is 0.429 bits per heavy atom. The van der Waals surface area contributed by atoms with Gasteiger partial charge in [0.15, 0.2) is 0 Å². The second-order valence-corrected chi connectivity index (χ2v) is 6.39. The van der Waals surface area contributed by atoms with Gasteiger partial charge in [-0.2, -0.15) is 0 Å². The van der Waals surface area contributed by atoms with E-state index < -0.39 is 0 Å². The molecule has 4 aromatic rings. The van der Waals surface area contributed by atoms with Crippen molar-refractivity contribution in [2.75, 3.05) is 0 Å². The summed E-state index contributed by atoms with van der Waals surface area (Å²) in [5.41, 5.74) is 6.86. The van der Waals surface area contributed by atoms with Gasteiger partial charge in [0.05, 0.1) is 34.2 Å². The van der Waals surface area contributed by atoms with Crippen molar-refractivity contribution in [1.82, 2.24) is 9.97 Å². The number of hydrogen-bond acceptors (Lipinski definition) is 4. The van der Waals surface area contributed by atoms with Gasteiger partial charge in [-0.15, -0.1) is 0 Å². The zero-order valence-electron chi connectivity index (χ0n) is 15.0. The molecule has 3 heterocycles. The van der Waals surface area contributed by atoms with Gasteiger partial charge in [-0.3, -0.25) is 9.97 Å². The maximum Gasteiger partial charge on any atom is 0.0987 e. The van der Waals surface area contributed by atoms with Crippen LogP contribution in [0.3, 0.4) is 0 Å². The number of fused-ring (bicyclic) bond motifs is 2. The fourth-order valence-electron chi connectivity index (χ4n) is 3.30. The van der Waals surface area contributed by atoms with E-state index in [1.54, 1.807) is 12.4 Å². The predicted molar refractivity (Wildman–Crippen MR) is 112 cm³/mol. The van der Waals surface area contributed by atoms with Crippen LogP contribution in [-0.4, -0.2) is 21.4 Å². The van der Waals surface area contributed by atoms with Crippen molar-refractivity contribution in [2.24, 2.45) is 9.98 Å². The molecular weight excluding hydrogens is 344 g/mol. The van der Waals surface area contributed by atoms with Gasteiger partial charge in [-0.25, -0.2) is 9.98 Å². The summed E-state index contributed by atoms with van der Waals surface area (Å²) in [7, 11) is 0. The molecular formula is C24H16N4. The van der Waals surface area contributed by atoms with Crippen LogP contribution in [-0.2, 0) is 0 Å². The lowest BCUT2D eigenvalue weighted by atomic mass is 9.99. The SMILES string of the molecule is c1ccc(/C2=N/c3ccccc3/C(c3ccccn3)=N\c3ccccc32)nc1. The number of aliphatic imine (C=N–C) groups is 2. The first-order valence-electron chi connectivity index (χ1n) is 9.09. The number of benzene rings is 2. The Morgan fingerprint density at radius 2 is 0.857 bits per heavy atom. The summed E-state index contributed by atoms with van der Waals surface area (Å²) >= 11 is 0. The average Bonchev–Trinajstić information content (AvgIpc) is 2.76. The molecule has 0 aliphatic carbocycles. The molecule has 0 unspecified atom stereocenters. The van der Waals surface area contributed by atoms with Crippen LogP contribution in [0.25, 0.3) is 0 Å². The van der Waals surface area contributed by atoms with Gasteiger partial charge in [-0.1, -0.05) is 48.5 Å². The molecule has 132 valence electrons. The van der Waals surface area contributed by atoms with Crippen LogP contribution >= 0.6 is 0 Å². The molecule has 0 N–H and O–H groups in total. The van der Waals surface area contributed by atoms with E-state index in [-0.39, 0.29) is 0 Å². The summed E-state index contributed by atoms with van der Waals surface area (Å²) in [4.78, 5) is 19.1. The average molecular weight is 360 g/mol. The quantitative estimate of drug-likeness (QED) is 0.438. The molecule has 0 radical (unpaired) electrons. The Morgan fingerprint density at radius 3 is 1.29 bits per heavy atom. The third-order valence-electron chi connectivity index (χ3n) is 4.60. The van der Waals surface area contributed by atoms with E-state index in [0.717, 1.165) is 45.3 Å². The number of aromatic nitrogens is 2. The molecule has 2 aromatic carbocycles. The van der Waals surface area contributed by atoms with Crippen molar-refractivity contribution < 1.29 is 0 Å². The Kier molecular flexibility index (Phi) is 4.07. The topological polar surface area (TPSA) is 50.5 Å². The van der Waals surface area contributed by atoms with E-state index in [0.29, 0.717) is 0 Å². The molecule has 28 heavy (non-hydrogen) atoms. The molecule has 0 atom stereocenters. The molecule has 1 aliphatic heterocycles. The lowest BCUT2D eigenvalue weighted by Gasteiger charge is -2.17. The lowest BCUT2D eigenvalue weighted by Crippen LogP contribution is -2.11. The van der Waals surface area contributed by atoms with Gasteiger partial charge < -0.3 is 0 Å². The maximum absolute atomic E-state index is 5.03. The molecule has 0 amide bonds. The highest BCUT2D eigenvalue weighted by molar-refractivity contribution is 6.21. The van der Waals surface area contributed by atoms with Crippen molar-refractivity contribution in [3.05, 3.63) is 120 Å². The molecule has 0 saturated carbocycles. The van der Waals surface area contributed by atoms with Crippen LogP contribution in [0.2, 0.25) is 0 Å². The van der Waals surface area contributed by atoms with Crippen LogP contribution in [0.4, 0.5) is 11.4 Å². The molecule has 0 spiro atoms. The summed E-state index contributed by atoms with van der Waals surface area (Å²) in [5.74, 6) is 0. The van der Waals surface area contributed by atoms with Crippen molar-refractivity contribution in [2.45, 2.75) is 0 Å². The molecule has 5 rings (SSSR count). The third-order valence-corrected chi connectivity index (χ3v) is 4.60. The van der Waals surface area contributed by atoms with Gasteiger partial charge >= 0.3 is 0 Å². The van der Waals surface area contributed by atoms with Gasteiger partial charge in [-0.05, 0) is 36.4 Å². The van der Waals surface area contributed by atoms with Crippen molar-refractivity contribution in [1.29, 1.82) is 0 Å². The molecule has 4 heteroatoms. The first-order chi connectivity index (χ1) is 13.9. The second-order valence-electron chi connectivity index (χ2n) is 6.39. The first-order valence-corrected chi connectivity index (χ1v) is 9.09. The Hall–Kier alpha value is -3.92. The van der Waals surface area contributed by atoms with Crippen LogP contribution in [0.15, 0.2) is 107 Å². The monoisotopic (exact) mass is 360 g/mol.